The van der Waals surface area contributed by atoms with Gasteiger partial charge in [0.15, 0.2) is 0 Å². The van der Waals surface area contributed by atoms with Crippen molar-refractivity contribution in [2.45, 2.75) is 19.8 Å². The van der Waals surface area contributed by atoms with E-state index >= 15 is 0 Å². The molecule has 1 N–H and O–H groups in total. The van der Waals surface area contributed by atoms with Crippen molar-refractivity contribution in [1.82, 2.24) is 5.32 Å². The molecule has 1 fully saturated rings. The van der Waals surface area contributed by atoms with Gasteiger partial charge >= 0.3 is 0 Å². The molecule has 0 bridgehead atoms. The number of benzene rings is 1. The Labute approximate surface area is 106 Å². The number of rotatable bonds is 6. The summed E-state index contributed by atoms with van der Waals surface area (Å²) >= 11 is 0. The molecule has 3 nitrogen and oxygen atoms in total. The molecule has 1 aliphatic carbocycles. The molecule has 0 saturated heterocycles. The summed E-state index contributed by atoms with van der Waals surface area (Å²) in [6, 6.07) is 4.81. The molecule has 0 aliphatic heterocycles. The van der Waals surface area contributed by atoms with Crippen molar-refractivity contribution in [3.8, 4) is 0 Å². The molecule has 1 aromatic rings. The third-order valence-electron chi connectivity index (χ3n) is 3.02. The van der Waals surface area contributed by atoms with Crippen LogP contribution in [0.25, 0.3) is 0 Å². The third kappa shape index (κ3) is 3.53. The van der Waals surface area contributed by atoms with Crippen molar-refractivity contribution < 1.29 is 13.9 Å². The van der Waals surface area contributed by atoms with Crippen molar-refractivity contribution in [3.05, 3.63) is 35.1 Å². The van der Waals surface area contributed by atoms with Crippen LogP contribution < -0.4 is 5.32 Å². The first-order valence-electron chi connectivity index (χ1n) is 6.29. The maximum atomic E-state index is 13.6. The molecule has 0 heterocycles. The summed E-state index contributed by atoms with van der Waals surface area (Å²) in [6.07, 6.45) is 2.50. The summed E-state index contributed by atoms with van der Waals surface area (Å²) in [6.45, 7) is 3.31. The van der Waals surface area contributed by atoms with Gasteiger partial charge in [-0.1, -0.05) is 12.1 Å². The van der Waals surface area contributed by atoms with Gasteiger partial charge in [-0.25, -0.2) is 4.39 Å². The summed E-state index contributed by atoms with van der Waals surface area (Å²) in [5.41, 5.74) is 0.574. The zero-order valence-electron chi connectivity index (χ0n) is 10.5. The van der Waals surface area contributed by atoms with Gasteiger partial charge in [0.2, 0.25) is 0 Å². The summed E-state index contributed by atoms with van der Waals surface area (Å²) in [4.78, 5) is 11.7. The van der Waals surface area contributed by atoms with Crippen LogP contribution >= 0.6 is 0 Å². The molecule has 98 valence electrons. The van der Waals surface area contributed by atoms with E-state index in [0.29, 0.717) is 18.7 Å². The van der Waals surface area contributed by atoms with Crippen LogP contribution in [-0.2, 0) is 4.74 Å². The van der Waals surface area contributed by atoms with Crippen LogP contribution in [0.5, 0.6) is 0 Å². The molecule has 1 aliphatic rings. The van der Waals surface area contributed by atoms with E-state index in [1.807, 2.05) is 0 Å². The second-order valence-electron chi connectivity index (χ2n) is 4.71. The lowest BCUT2D eigenvalue weighted by molar-refractivity contribution is 0.0902. The zero-order chi connectivity index (χ0) is 13.0. The lowest BCUT2D eigenvalue weighted by atomic mass is 10.1. The van der Waals surface area contributed by atoms with E-state index in [9.17, 15) is 9.18 Å². The quantitative estimate of drug-likeness (QED) is 0.788. The Bertz CT molecular complexity index is 430. The van der Waals surface area contributed by atoms with Gasteiger partial charge in [-0.15, -0.1) is 0 Å². The maximum Gasteiger partial charge on any atom is 0.254 e. The Kier molecular flexibility index (Phi) is 4.31. The summed E-state index contributed by atoms with van der Waals surface area (Å²) < 4.78 is 19.0. The Morgan fingerprint density at radius 3 is 3.00 bits per heavy atom. The number of hydrogen-bond acceptors (Lipinski definition) is 2. The first-order chi connectivity index (χ1) is 8.68. The van der Waals surface area contributed by atoms with Crippen LogP contribution in [0.2, 0.25) is 0 Å². The summed E-state index contributed by atoms with van der Waals surface area (Å²) in [5.74, 6) is -0.116. The smallest absolute Gasteiger partial charge is 0.254 e. The minimum absolute atomic E-state index is 0.0946. The minimum Gasteiger partial charge on any atom is -0.379 e. The monoisotopic (exact) mass is 251 g/mol. The highest BCUT2D eigenvalue weighted by atomic mass is 19.1. The van der Waals surface area contributed by atoms with E-state index < -0.39 is 5.82 Å². The highest BCUT2D eigenvalue weighted by Gasteiger charge is 2.21. The molecule has 2 rings (SSSR count). The fraction of sp³-hybridized carbons (Fsp3) is 0.500. The van der Waals surface area contributed by atoms with E-state index in [-0.39, 0.29) is 11.5 Å². The number of amides is 1. The van der Waals surface area contributed by atoms with Crippen LogP contribution in [-0.4, -0.2) is 25.7 Å². The van der Waals surface area contributed by atoms with Gasteiger partial charge in [-0.3, -0.25) is 4.79 Å². The Balaban J connectivity index is 1.74. The molecule has 1 amide bonds. The van der Waals surface area contributed by atoms with E-state index in [4.69, 9.17) is 4.74 Å². The van der Waals surface area contributed by atoms with Gasteiger partial charge < -0.3 is 10.1 Å². The largest absolute Gasteiger partial charge is 0.379 e. The number of carbonyl (C=O) groups excluding carboxylic acids is 1. The summed E-state index contributed by atoms with van der Waals surface area (Å²) in [5, 5.41) is 2.66. The van der Waals surface area contributed by atoms with Crippen molar-refractivity contribution in [3.63, 3.8) is 0 Å². The number of hydrogen-bond donors (Lipinski definition) is 1. The van der Waals surface area contributed by atoms with Crippen molar-refractivity contribution in [2.24, 2.45) is 5.92 Å². The van der Waals surface area contributed by atoms with Crippen molar-refractivity contribution in [2.75, 3.05) is 19.8 Å². The van der Waals surface area contributed by atoms with Gasteiger partial charge in [-0.05, 0) is 37.3 Å². The Morgan fingerprint density at radius 2 is 2.28 bits per heavy atom. The second kappa shape index (κ2) is 5.96. The lowest BCUT2D eigenvalue weighted by Gasteiger charge is -2.07. The average Bonchev–Trinajstić information content (AvgIpc) is 3.16. The van der Waals surface area contributed by atoms with Gasteiger partial charge in [0.25, 0.3) is 5.91 Å². The zero-order valence-corrected chi connectivity index (χ0v) is 10.5. The minimum atomic E-state index is -0.450. The average molecular weight is 251 g/mol. The predicted molar refractivity (Wildman–Crippen MR) is 67.0 cm³/mol. The van der Waals surface area contributed by atoms with E-state index in [0.717, 1.165) is 12.5 Å². The molecule has 0 unspecified atom stereocenters. The van der Waals surface area contributed by atoms with Crippen LogP contribution in [0, 0.1) is 18.7 Å². The first-order valence-corrected chi connectivity index (χ1v) is 6.29. The molecule has 1 saturated carbocycles. The molecule has 4 heteroatoms. The third-order valence-corrected chi connectivity index (χ3v) is 3.02. The highest BCUT2D eigenvalue weighted by molar-refractivity contribution is 5.94. The lowest BCUT2D eigenvalue weighted by Crippen LogP contribution is -2.28. The Morgan fingerprint density at radius 1 is 1.50 bits per heavy atom. The SMILES string of the molecule is Cc1cccc(C(=O)NCCOCC2CC2)c1F. The normalized spacial score (nSPS) is 14.6. The number of nitrogens with one attached hydrogen (secondary N) is 1. The molecule has 0 radical (unpaired) electrons. The summed E-state index contributed by atoms with van der Waals surface area (Å²) in [7, 11) is 0. The van der Waals surface area contributed by atoms with Gasteiger partial charge in [0, 0.05) is 13.2 Å². The number of aryl methyl sites for hydroxylation is 1. The molecule has 0 aromatic heterocycles. The second-order valence-corrected chi connectivity index (χ2v) is 4.71. The number of carbonyl (C=O) groups is 1. The van der Waals surface area contributed by atoms with Crippen molar-refractivity contribution in [1.29, 1.82) is 0 Å². The molecule has 1 aromatic carbocycles. The van der Waals surface area contributed by atoms with E-state index in [1.165, 1.54) is 18.9 Å². The van der Waals surface area contributed by atoms with Crippen molar-refractivity contribution >= 4 is 5.91 Å². The van der Waals surface area contributed by atoms with Gasteiger partial charge in [0.1, 0.15) is 5.82 Å². The Hall–Kier alpha value is -1.42. The fourth-order valence-electron chi connectivity index (χ4n) is 1.69. The topological polar surface area (TPSA) is 38.3 Å². The highest BCUT2D eigenvalue weighted by Crippen LogP contribution is 2.28. The van der Waals surface area contributed by atoms with Gasteiger partial charge in [0.05, 0.1) is 12.2 Å². The fourth-order valence-corrected chi connectivity index (χ4v) is 1.69. The first kappa shape index (κ1) is 13.0. The van der Waals surface area contributed by atoms with E-state index in [2.05, 4.69) is 5.32 Å². The molecular formula is C14H18FNO2. The number of halogens is 1. The maximum absolute atomic E-state index is 13.6. The van der Waals surface area contributed by atoms with Gasteiger partial charge in [-0.2, -0.15) is 0 Å². The molecule has 0 spiro atoms. The molecular weight excluding hydrogens is 233 g/mol. The van der Waals surface area contributed by atoms with Crippen LogP contribution in [0.3, 0.4) is 0 Å². The molecule has 0 atom stereocenters. The van der Waals surface area contributed by atoms with Crippen LogP contribution in [0.1, 0.15) is 28.8 Å². The van der Waals surface area contributed by atoms with Crippen LogP contribution in [0.4, 0.5) is 4.39 Å². The van der Waals surface area contributed by atoms with E-state index in [1.54, 1.807) is 19.1 Å². The number of ether oxygens (including phenoxy) is 1. The molecule has 18 heavy (non-hydrogen) atoms. The predicted octanol–water partition coefficient (Wildman–Crippen LogP) is 2.29. The van der Waals surface area contributed by atoms with Crippen LogP contribution in [0.15, 0.2) is 18.2 Å². The standard InChI is InChI=1S/C14H18FNO2/c1-10-3-2-4-12(13(10)15)14(17)16-7-8-18-9-11-5-6-11/h2-4,11H,5-9H2,1H3,(H,16,17).